The quantitative estimate of drug-likeness (QED) is 0.146. The highest BCUT2D eigenvalue weighted by Gasteiger charge is 2.04. The van der Waals surface area contributed by atoms with E-state index in [1.807, 2.05) is 42.5 Å². The third-order valence-electron chi connectivity index (χ3n) is 3.82. The van der Waals surface area contributed by atoms with E-state index in [9.17, 15) is 4.79 Å². The maximum Gasteiger partial charge on any atom is 0.221 e. The molecule has 0 aliphatic heterocycles. The number of hydrogen-bond donors (Lipinski definition) is 3. The van der Waals surface area contributed by atoms with Gasteiger partial charge in [-0.15, -0.1) is 24.0 Å². The van der Waals surface area contributed by atoms with Crippen LogP contribution in [0.5, 0.6) is 11.5 Å². The van der Waals surface area contributed by atoms with Gasteiger partial charge >= 0.3 is 0 Å². The number of anilines is 1. The van der Waals surface area contributed by atoms with Gasteiger partial charge in [0.1, 0.15) is 24.7 Å². The Labute approximate surface area is 195 Å². The summed E-state index contributed by atoms with van der Waals surface area (Å²) in [6.45, 7) is 7.20. The molecule has 0 saturated heterocycles. The van der Waals surface area contributed by atoms with E-state index in [0.717, 1.165) is 11.3 Å². The van der Waals surface area contributed by atoms with E-state index in [-0.39, 0.29) is 29.9 Å². The average Bonchev–Trinajstić information content (AvgIpc) is 2.72. The molecule has 30 heavy (non-hydrogen) atoms. The topological polar surface area (TPSA) is 84.0 Å². The van der Waals surface area contributed by atoms with E-state index in [0.29, 0.717) is 43.7 Å². The number of nitrogens with one attached hydrogen (secondary N) is 3. The summed E-state index contributed by atoms with van der Waals surface area (Å²) in [4.78, 5) is 15.4. The van der Waals surface area contributed by atoms with Crippen molar-refractivity contribution in [3.63, 3.8) is 0 Å². The normalized spacial score (nSPS) is 10.4. The highest BCUT2D eigenvalue weighted by molar-refractivity contribution is 14.0. The number of hydrogen-bond acceptors (Lipinski definition) is 4. The van der Waals surface area contributed by atoms with Crippen molar-refractivity contribution in [3.8, 4) is 11.5 Å². The molecule has 0 spiro atoms. The van der Waals surface area contributed by atoms with Crippen LogP contribution < -0.4 is 25.4 Å². The van der Waals surface area contributed by atoms with Gasteiger partial charge in [0, 0.05) is 37.8 Å². The summed E-state index contributed by atoms with van der Waals surface area (Å²) in [5.41, 5.74) is 1.74. The van der Waals surface area contributed by atoms with Crippen molar-refractivity contribution in [1.29, 1.82) is 0 Å². The summed E-state index contributed by atoms with van der Waals surface area (Å²) < 4.78 is 11.4. The number of rotatable bonds is 10. The zero-order valence-corrected chi connectivity index (χ0v) is 19.6. The Hall–Kier alpha value is -2.75. The Morgan fingerprint density at radius 2 is 1.93 bits per heavy atom. The molecule has 0 heterocycles. The summed E-state index contributed by atoms with van der Waals surface area (Å²) >= 11 is 0. The molecular weight excluding hydrogens is 495 g/mol. The number of carbonyl (C=O) groups excluding carboxylic acids is 1. The molecule has 0 aromatic heterocycles. The number of aliphatic imine (C=N–C) groups is 1. The van der Waals surface area contributed by atoms with E-state index >= 15 is 0 Å². The van der Waals surface area contributed by atoms with Gasteiger partial charge in [0.05, 0.1) is 6.54 Å². The minimum atomic E-state index is -0.116. The first kappa shape index (κ1) is 25.3. The number of guanidine groups is 1. The first-order valence-corrected chi connectivity index (χ1v) is 9.39. The Balaban J connectivity index is 0.00000450. The second-order valence-corrected chi connectivity index (χ2v) is 6.12. The number of benzene rings is 2. The minimum Gasteiger partial charge on any atom is -0.492 e. The van der Waals surface area contributed by atoms with Crippen LogP contribution in [-0.2, 0) is 11.3 Å². The summed E-state index contributed by atoms with van der Waals surface area (Å²) in [5.74, 6) is 2.06. The molecule has 2 rings (SSSR count). The van der Waals surface area contributed by atoms with Crippen LogP contribution in [0.1, 0.15) is 12.5 Å². The second kappa shape index (κ2) is 14.3. The van der Waals surface area contributed by atoms with Crippen LogP contribution in [0.4, 0.5) is 5.69 Å². The van der Waals surface area contributed by atoms with Crippen LogP contribution >= 0.6 is 24.0 Å². The van der Waals surface area contributed by atoms with Crippen molar-refractivity contribution in [2.45, 2.75) is 13.5 Å². The van der Waals surface area contributed by atoms with Gasteiger partial charge in [-0.3, -0.25) is 9.79 Å². The van der Waals surface area contributed by atoms with Gasteiger partial charge in [-0.1, -0.05) is 36.9 Å². The lowest BCUT2D eigenvalue weighted by atomic mass is 10.2. The Morgan fingerprint density at radius 3 is 2.67 bits per heavy atom. The van der Waals surface area contributed by atoms with Crippen molar-refractivity contribution in [2.75, 3.05) is 32.1 Å². The van der Waals surface area contributed by atoms with Crippen LogP contribution in [0.2, 0.25) is 0 Å². The van der Waals surface area contributed by atoms with E-state index in [1.54, 1.807) is 19.2 Å². The van der Waals surface area contributed by atoms with Gasteiger partial charge in [-0.05, 0) is 18.2 Å². The maximum atomic E-state index is 11.1. The van der Waals surface area contributed by atoms with Crippen molar-refractivity contribution >= 4 is 41.5 Å². The monoisotopic (exact) mass is 524 g/mol. The Morgan fingerprint density at radius 1 is 1.13 bits per heavy atom. The van der Waals surface area contributed by atoms with Gasteiger partial charge in [-0.25, -0.2) is 0 Å². The fourth-order valence-corrected chi connectivity index (χ4v) is 2.54. The molecule has 162 valence electrons. The molecule has 0 aliphatic rings. The third kappa shape index (κ3) is 9.17. The molecule has 2 aromatic rings. The largest absolute Gasteiger partial charge is 0.492 e. The highest BCUT2D eigenvalue weighted by atomic mass is 127. The molecule has 0 fully saturated rings. The number of halogens is 1. The van der Waals surface area contributed by atoms with E-state index < -0.39 is 0 Å². The Bertz CT molecular complexity index is 843. The number of para-hydroxylation sites is 1. The first-order chi connectivity index (χ1) is 14.1. The predicted octanol–water partition coefficient (Wildman–Crippen LogP) is 3.57. The van der Waals surface area contributed by atoms with Gasteiger partial charge < -0.3 is 25.4 Å². The molecule has 0 radical (unpaired) electrons. The summed E-state index contributed by atoms with van der Waals surface area (Å²) in [6.07, 6.45) is 1.72. The number of amides is 1. The van der Waals surface area contributed by atoms with E-state index in [4.69, 9.17) is 9.47 Å². The fraction of sp³-hybridized carbons (Fsp3) is 0.273. The summed E-state index contributed by atoms with van der Waals surface area (Å²) in [6, 6.07) is 15.1. The molecule has 1 amide bonds. The molecule has 2 aromatic carbocycles. The lowest BCUT2D eigenvalue weighted by Crippen LogP contribution is -2.38. The minimum absolute atomic E-state index is 0. The smallest absolute Gasteiger partial charge is 0.221 e. The molecule has 8 heteroatoms. The van der Waals surface area contributed by atoms with Crippen molar-refractivity contribution in [3.05, 3.63) is 66.7 Å². The molecule has 0 aliphatic carbocycles. The van der Waals surface area contributed by atoms with Crippen molar-refractivity contribution in [2.24, 2.45) is 4.99 Å². The Kier molecular flexibility index (Phi) is 12.0. The van der Waals surface area contributed by atoms with Crippen molar-refractivity contribution < 1.29 is 14.3 Å². The molecule has 0 atom stereocenters. The number of ether oxygens (including phenoxy) is 2. The number of nitrogens with zero attached hydrogens (tertiary/aromatic N) is 1. The predicted molar refractivity (Wildman–Crippen MR) is 132 cm³/mol. The molecule has 0 saturated carbocycles. The highest BCUT2D eigenvalue weighted by Crippen LogP contribution is 2.18. The number of carbonyl (C=O) groups is 1. The summed E-state index contributed by atoms with van der Waals surface area (Å²) in [5, 5.41) is 9.20. The lowest BCUT2D eigenvalue weighted by molar-refractivity contribution is -0.114. The zero-order valence-electron chi connectivity index (χ0n) is 17.3. The van der Waals surface area contributed by atoms with Crippen LogP contribution in [0.3, 0.4) is 0 Å². The lowest BCUT2D eigenvalue weighted by Gasteiger charge is -2.15. The zero-order chi connectivity index (χ0) is 20.9. The second-order valence-electron chi connectivity index (χ2n) is 6.12. The standard InChI is InChI=1S/C22H28N4O3.HI/c1-4-13-29-21-11-6-5-8-18(21)16-25-22(23-3)24-12-14-28-20-10-7-9-19(15-20)26-17(2)27;/h4-11,15H,1,12-14,16H2,2-3H3,(H,26,27)(H2,23,24,25);1H. The fourth-order valence-electron chi connectivity index (χ4n) is 2.54. The van der Waals surface area contributed by atoms with Crippen molar-refractivity contribution in [1.82, 2.24) is 10.6 Å². The SMILES string of the molecule is C=CCOc1ccccc1CNC(=NC)NCCOc1cccc(NC(C)=O)c1.I. The first-order valence-electron chi connectivity index (χ1n) is 9.39. The van der Waals surface area contributed by atoms with Crippen LogP contribution in [0.25, 0.3) is 0 Å². The third-order valence-corrected chi connectivity index (χ3v) is 3.82. The van der Waals surface area contributed by atoms with E-state index in [1.165, 1.54) is 6.92 Å². The maximum absolute atomic E-state index is 11.1. The molecule has 0 unspecified atom stereocenters. The van der Waals surface area contributed by atoms with Gasteiger partial charge in [0.25, 0.3) is 0 Å². The van der Waals surface area contributed by atoms with E-state index in [2.05, 4.69) is 27.5 Å². The molecular formula is C22H29IN4O3. The van der Waals surface area contributed by atoms with Crippen LogP contribution in [0.15, 0.2) is 66.2 Å². The van der Waals surface area contributed by atoms with Crippen LogP contribution in [0, 0.1) is 0 Å². The van der Waals surface area contributed by atoms with Gasteiger partial charge in [0.15, 0.2) is 5.96 Å². The van der Waals surface area contributed by atoms with Gasteiger partial charge in [-0.2, -0.15) is 0 Å². The average molecular weight is 524 g/mol. The molecule has 3 N–H and O–H groups in total. The molecule has 0 bridgehead atoms. The molecule has 7 nitrogen and oxygen atoms in total. The van der Waals surface area contributed by atoms with Crippen LogP contribution in [-0.4, -0.2) is 38.7 Å². The summed E-state index contributed by atoms with van der Waals surface area (Å²) in [7, 11) is 1.72. The van der Waals surface area contributed by atoms with Gasteiger partial charge in [0.2, 0.25) is 5.91 Å².